The number of hydrogen-bond donors (Lipinski definition) is 1. The van der Waals surface area contributed by atoms with Crippen molar-refractivity contribution >= 4 is 22.9 Å². The lowest BCUT2D eigenvalue weighted by molar-refractivity contribution is -0.139. The van der Waals surface area contributed by atoms with E-state index in [2.05, 4.69) is 4.98 Å². The predicted molar refractivity (Wildman–Crippen MR) is 123 cm³/mol. The van der Waals surface area contributed by atoms with Gasteiger partial charge >= 0.3 is 5.97 Å². The minimum absolute atomic E-state index is 0.440. The number of carbonyl (C=O) groups is 1. The van der Waals surface area contributed by atoms with Crippen molar-refractivity contribution in [3.63, 3.8) is 0 Å². The van der Waals surface area contributed by atoms with Crippen molar-refractivity contribution < 1.29 is 28.1 Å². The molecule has 2 unspecified atom stereocenters. The second-order valence-electron chi connectivity index (χ2n) is 7.59. The average Bonchev–Trinajstić information content (AvgIpc) is 2.83. The van der Waals surface area contributed by atoms with Crippen LogP contribution in [0.2, 0.25) is 0 Å². The molecule has 0 radical (unpaired) electrons. The first-order chi connectivity index (χ1) is 16.0. The van der Waals surface area contributed by atoms with Gasteiger partial charge in [-0.05, 0) is 60.7 Å². The zero-order valence-corrected chi connectivity index (χ0v) is 18.8. The van der Waals surface area contributed by atoms with E-state index in [0.29, 0.717) is 35.7 Å². The first-order valence-electron chi connectivity index (χ1n) is 10.4. The Morgan fingerprint density at radius 3 is 2.76 bits per heavy atom. The second-order valence-corrected chi connectivity index (χ2v) is 8.42. The van der Waals surface area contributed by atoms with E-state index in [-0.39, 0.29) is 0 Å². The maximum atomic E-state index is 12.3. The van der Waals surface area contributed by atoms with Crippen molar-refractivity contribution in [1.29, 1.82) is 0 Å². The highest BCUT2D eigenvalue weighted by atomic mass is 32.2. The van der Waals surface area contributed by atoms with Gasteiger partial charge in [-0.15, -0.1) is 0 Å². The fourth-order valence-corrected chi connectivity index (χ4v) is 4.85. The van der Waals surface area contributed by atoms with Crippen LogP contribution in [0.1, 0.15) is 30.0 Å². The van der Waals surface area contributed by atoms with Crippen LogP contribution in [0, 0.1) is 0 Å². The minimum Gasteiger partial charge on any atom is -0.755 e. The molecule has 1 heterocycles. The number of hydrogen-bond acceptors (Lipinski definition) is 6. The Hall–Kier alpha value is -3.43. The Bertz CT molecular complexity index is 1170. The van der Waals surface area contributed by atoms with Gasteiger partial charge in [-0.3, -0.25) is 13.5 Å². The van der Waals surface area contributed by atoms with Gasteiger partial charge in [-0.2, -0.15) is 0 Å². The molecule has 9 heteroatoms. The van der Waals surface area contributed by atoms with Crippen molar-refractivity contribution in [2.75, 3.05) is 18.0 Å². The molecule has 1 aliphatic carbocycles. The minimum atomic E-state index is -2.54. The summed E-state index contributed by atoms with van der Waals surface area (Å²) in [7, 11) is 1.59. The third-order valence-corrected chi connectivity index (χ3v) is 6.38. The van der Waals surface area contributed by atoms with E-state index in [1.165, 1.54) is 4.31 Å². The van der Waals surface area contributed by atoms with E-state index >= 15 is 0 Å². The number of methoxy groups -OCH3 is 1. The molecule has 0 amide bonds. The monoisotopic (exact) mass is 467 g/mol. The second kappa shape index (κ2) is 10.0. The summed E-state index contributed by atoms with van der Waals surface area (Å²) >= 11 is -2.54. The maximum Gasteiger partial charge on any atom is 0.341 e. The van der Waals surface area contributed by atoms with Gasteiger partial charge in [0.2, 0.25) is 0 Å². The van der Waals surface area contributed by atoms with Gasteiger partial charge in [0.1, 0.15) is 11.5 Å². The first-order valence-corrected chi connectivity index (χ1v) is 11.5. The lowest BCUT2D eigenvalue weighted by atomic mass is 9.87. The van der Waals surface area contributed by atoms with Gasteiger partial charge in [0.05, 0.1) is 30.7 Å². The molecule has 1 aromatic heterocycles. The van der Waals surface area contributed by atoms with Gasteiger partial charge in [0, 0.05) is 16.8 Å². The first kappa shape index (κ1) is 22.8. The number of fused-ring (bicyclic) bond motifs is 1. The number of nitrogens with zero attached hydrogens (tertiary/aromatic N) is 2. The molecule has 4 rings (SSSR count). The van der Waals surface area contributed by atoms with Crippen LogP contribution in [0.4, 0.5) is 5.69 Å². The van der Waals surface area contributed by atoms with Crippen LogP contribution in [0.3, 0.4) is 0 Å². The molecule has 172 valence electrons. The molecule has 2 aromatic carbocycles. The summed E-state index contributed by atoms with van der Waals surface area (Å²) in [5.74, 6) is 0.118. The zero-order chi connectivity index (χ0) is 23.4. The van der Waals surface area contributed by atoms with Gasteiger partial charge in [-0.1, -0.05) is 24.3 Å². The van der Waals surface area contributed by atoms with E-state index in [0.717, 1.165) is 23.1 Å². The normalized spacial score (nSPS) is 15.9. The summed E-state index contributed by atoms with van der Waals surface area (Å²) in [6.45, 7) is -0.450. The van der Waals surface area contributed by atoms with E-state index < -0.39 is 29.9 Å². The van der Waals surface area contributed by atoms with Gasteiger partial charge in [0.15, 0.2) is 6.61 Å². The number of rotatable bonds is 8. The molecular weight excluding hydrogens is 444 g/mol. The molecule has 3 aromatic rings. The average molecular weight is 468 g/mol. The lowest BCUT2D eigenvalue weighted by Gasteiger charge is -2.38. The van der Waals surface area contributed by atoms with Gasteiger partial charge < -0.3 is 19.1 Å². The van der Waals surface area contributed by atoms with E-state index in [4.69, 9.17) is 14.6 Å². The van der Waals surface area contributed by atoms with Crippen molar-refractivity contribution in [2.24, 2.45) is 0 Å². The van der Waals surface area contributed by atoms with Crippen LogP contribution in [0.5, 0.6) is 11.5 Å². The number of ether oxygens (including phenoxy) is 2. The van der Waals surface area contributed by atoms with Crippen molar-refractivity contribution in [1.82, 2.24) is 4.98 Å². The molecule has 0 saturated heterocycles. The zero-order valence-electron chi connectivity index (χ0n) is 18.0. The summed E-state index contributed by atoms with van der Waals surface area (Å²) in [6.07, 6.45) is 3.60. The smallest absolute Gasteiger partial charge is 0.341 e. The third kappa shape index (κ3) is 4.99. The summed E-state index contributed by atoms with van der Waals surface area (Å²) < 4.78 is 36.7. The highest BCUT2D eigenvalue weighted by Crippen LogP contribution is 2.41. The molecule has 0 aliphatic heterocycles. The molecule has 0 fully saturated rings. The summed E-state index contributed by atoms with van der Waals surface area (Å²) in [4.78, 5) is 15.4. The topological polar surface area (TPSA) is 112 Å². The molecule has 0 spiro atoms. The fourth-order valence-electron chi connectivity index (χ4n) is 4.15. The number of carboxylic acid groups (broad SMARTS) is 1. The lowest BCUT2D eigenvalue weighted by Crippen LogP contribution is -2.33. The van der Waals surface area contributed by atoms with Crippen molar-refractivity contribution in [3.8, 4) is 22.8 Å². The Morgan fingerprint density at radius 2 is 2.06 bits per heavy atom. The summed E-state index contributed by atoms with van der Waals surface area (Å²) in [6, 6.07) is 15.9. The molecule has 2 atom stereocenters. The number of anilines is 1. The van der Waals surface area contributed by atoms with Crippen molar-refractivity contribution in [3.05, 3.63) is 71.9 Å². The largest absolute Gasteiger partial charge is 0.755 e. The number of aromatic nitrogens is 1. The van der Waals surface area contributed by atoms with E-state index in [1.807, 2.05) is 30.3 Å². The summed E-state index contributed by atoms with van der Waals surface area (Å²) in [5.41, 5.74) is 3.66. The van der Waals surface area contributed by atoms with E-state index in [1.54, 1.807) is 37.6 Å². The quantitative estimate of drug-likeness (QED) is 0.500. The molecule has 0 saturated carbocycles. The molecule has 1 N–H and O–H groups in total. The molecule has 8 nitrogen and oxygen atoms in total. The highest BCUT2D eigenvalue weighted by molar-refractivity contribution is 7.80. The molecule has 1 aliphatic rings. The maximum absolute atomic E-state index is 12.3. The predicted octanol–water partition coefficient (Wildman–Crippen LogP) is 3.90. The Kier molecular flexibility index (Phi) is 6.90. The van der Waals surface area contributed by atoms with Crippen LogP contribution in [0.15, 0.2) is 60.8 Å². The van der Waals surface area contributed by atoms with Crippen LogP contribution in [0.25, 0.3) is 11.3 Å². The molecular formula is C24H23N2O6S-. The number of benzene rings is 2. The Labute approximate surface area is 194 Å². The Morgan fingerprint density at radius 1 is 1.24 bits per heavy atom. The summed E-state index contributed by atoms with van der Waals surface area (Å²) in [5, 5.41) is 8.95. The number of pyridine rings is 1. The van der Waals surface area contributed by atoms with Gasteiger partial charge in [0.25, 0.3) is 0 Å². The molecule has 33 heavy (non-hydrogen) atoms. The van der Waals surface area contributed by atoms with Crippen LogP contribution in [-0.2, 0) is 22.5 Å². The van der Waals surface area contributed by atoms with Crippen LogP contribution >= 0.6 is 0 Å². The fraction of sp³-hybridized carbons (Fsp3) is 0.250. The van der Waals surface area contributed by atoms with Crippen molar-refractivity contribution in [2.45, 2.75) is 25.3 Å². The number of carboxylic acids is 1. The standard InChI is InChI=1S/C24H24N2O6S/c1-31-18-6-2-5-16(13-18)21-12-11-17(14-25-21)26(33(29)30)22-9-3-8-20-19(22)7-4-10-23(20)32-15-24(27)28/h2,4-7,10-14,22H,3,8-9,15H2,1H3,(H,27,28)(H,29,30)/p-1. The SMILES string of the molecule is COc1cccc(-c2ccc(N(C3CCCc4c(OCC(=O)O)cccc43)S(=O)[O-])cn2)c1. The highest BCUT2D eigenvalue weighted by Gasteiger charge is 2.29. The Balaban J connectivity index is 1.66. The third-order valence-electron chi connectivity index (χ3n) is 5.60. The molecule has 0 bridgehead atoms. The number of aliphatic carboxylic acids is 1. The van der Waals surface area contributed by atoms with Gasteiger partial charge in [-0.25, -0.2) is 4.79 Å². The van der Waals surface area contributed by atoms with Crippen LogP contribution < -0.4 is 13.8 Å². The van der Waals surface area contributed by atoms with E-state index in [9.17, 15) is 13.6 Å². The van der Waals surface area contributed by atoms with Crippen LogP contribution in [-0.4, -0.2) is 38.5 Å².